The van der Waals surface area contributed by atoms with Gasteiger partial charge in [0.15, 0.2) is 0 Å². The van der Waals surface area contributed by atoms with Crippen molar-refractivity contribution < 1.29 is 4.79 Å². The van der Waals surface area contributed by atoms with Gasteiger partial charge in [-0.1, -0.05) is 58.4 Å². The fourth-order valence-corrected chi connectivity index (χ4v) is 5.55. The zero-order valence-electron chi connectivity index (χ0n) is 18.6. The molecule has 0 spiro atoms. The summed E-state index contributed by atoms with van der Waals surface area (Å²) in [6.45, 7) is 2.98. The lowest BCUT2D eigenvalue weighted by molar-refractivity contribution is -0.118. The summed E-state index contributed by atoms with van der Waals surface area (Å²) in [4.78, 5) is 22.0. The second-order valence-electron chi connectivity index (χ2n) is 8.54. The second kappa shape index (κ2) is 9.64. The second-order valence-corrected chi connectivity index (χ2v) is 10.7. The van der Waals surface area contributed by atoms with Crippen molar-refractivity contribution in [1.29, 1.82) is 0 Å². The van der Waals surface area contributed by atoms with Crippen LogP contribution in [0.2, 0.25) is 0 Å². The first-order valence-corrected chi connectivity index (χ1v) is 13.0. The van der Waals surface area contributed by atoms with E-state index in [4.69, 9.17) is 10.7 Å². The number of aliphatic imine (C=N–C) groups is 1. The van der Waals surface area contributed by atoms with Gasteiger partial charge in [-0.15, -0.1) is 0 Å². The first kappa shape index (κ1) is 23.3. The molecular weight excluding hydrogens is 603 g/mol. The van der Waals surface area contributed by atoms with Crippen LogP contribution in [0.4, 0.5) is 0 Å². The Morgan fingerprint density at radius 3 is 2.74 bits per heavy atom. The van der Waals surface area contributed by atoms with Crippen LogP contribution in [0.3, 0.4) is 0 Å². The topological polar surface area (TPSA) is 83.3 Å². The number of nitrogens with zero attached hydrogens (tertiary/aromatic N) is 1. The van der Waals surface area contributed by atoms with Crippen molar-refractivity contribution in [1.82, 2.24) is 10.3 Å². The molecular formula is C27H24BrIN4O. The van der Waals surface area contributed by atoms with Gasteiger partial charge in [0, 0.05) is 55.3 Å². The molecule has 5 nitrogen and oxygen atoms in total. The lowest BCUT2D eigenvalue weighted by Gasteiger charge is -2.31. The number of nitrogens with two attached hydrogens (primary N) is 1. The lowest BCUT2D eigenvalue weighted by Crippen LogP contribution is -2.36. The Kier molecular flexibility index (Phi) is 6.59. The molecule has 3 aromatic rings. The zero-order chi connectivity index (χ0) is 23.8. The number of carbonyl (C=O) groups excluding carboxylic acids is 1. The van der Waals surface area contributed by atoms with Crippen LogP contribution < -0.4 is 11.1 Å². The Morgan fingerprint density at radius 1 is 1.21 bits per heavy atom. The zero-order valence-corrected chi connectivity index (χ0v) is 22.4. The summed E-state index contributed by atoms with van der Waals surface area (Å²) < 4.78 is 2.12. The van der Waals surface area contributed by atoms with Gasteiger partial charge in [0.2, 0.25) is 5.91 Å². The van der Waals surface area contributed by atoms with Crippen molar-refractivity contribution >= 4 is 61.0 Å². The third kappa shape index (κ3) is 4.44. The van der Waals surface area contributed by atoms with Crippen LogP contribution in [0.5, 0.6) is 0 Å². The van der Waals surface area contributed by atoms with Gasteiger partial charge in [-0.3, -0.25) is 9.79 Å². The van der Waals surface area contributed by atoms with Crippen LogP contribution in [-0.4, -0.2) is 22.6 Å². The fraction of sp³-hybridized carbons (Fsp3) is 0.185. The number of hydrogen-bond donors (Lipinski definition) is 3. The number of dihydropyridines is 1. The summed E-state index contributed by atoms with van der Waals surface area (Å²) in [6.07, 6.45) is 8.30. The Morgan fingerprint density at radius 2 is 1.97 bits per heavy atom. The van der Waals surface area contributed by atoms with Gasteiger partial charge in [-0.2, -0.15) is 0 Å². The highest BCUT2D eigenvalue weighted by Gasteiger charge is 2.35. The van der Waals surface area contributed by atoms with Crippen molar-refractivity contribution in [2.75, 3.05) is 0 Å². The van der Waals surface area contributed by atoms with Gasteiger partial charge in [-0.05, 0) is 64.4 Å². The highest BCUT2D eigenvalue weighted by atomic mass is 127. The number of hydrogen-bond acceptors (Lipinski definition) is 3. The van der Waals surface area contributed by atoms with Gasteiger partial charge in [0.25, 0.3) is 0 Å². The third-order valence-corrected chi connectivity index (χ3v) is 7.60. The maximum absolute atomic E-state index is 13.6. The molecule has 2 unspecified atom stereocenters. The predicted octanol–water partition coefficient (Wildman–Crippen LogP) is 5.70. The minimum Gasteiger partial charge on any atom is -0.360 e. The molecule has 1 aromatic heterocycles. The monoisotopic (exact) mass is 626 g/mol. The van der Waals surface area contributed by atoms with Crippen LogP contribution in [-0.2, 0) is 17.9 Å². The van der Waals surface area contributed by atoms with E-state index in [1.165, 1.54) is 0 Å². The van der Waals surface area contributed by atoms with E-state index in [2.05, 4.69) is 73.1 Å². The highest BCUT2D eigenvalue weighted by Crippen LogP contribution is 2.37. The average Bonchev–Trinajstić information content (AvgIpc) is 3.25. The number of aromatic amines is 1. The summed E-state index contributed by atoms with van der Waals surface area (Å²) in [5, 5.41) is 4.22. The van der Waals surface area contributed by atoms with Gasteiger partial charge in [-0.25, -0.2) is 0 Å². The maximum Gasteiger partial charge on any atom is 0.248 e. The molecule has 34 heavy (non-hydrogen) atoms. The minimum atomic E-state index is -0.112. The molecule has 172 valence electrons. The summed E-state index contributed by atoms with van der Waals surface area (Å²) in [6, 6.07) is 14.1. The number of H-pyrrole nitrogens is 1. The number of aromatic nitrogens is 1. The molecule has 7 heteroatoms. The Hall–Kier alpha value is -2.49. The van der Waals surface area contributed by atoms with Crippen LogP contribution in [0.15, 0.2) is 91.1 Å². The molecule has 0 radical (unpaired) electrons. The normalized spacial score (nSPS) is 19.6. The van der Waals surface area contributed by atoms with Gasteiger partial charge >= 0.3 is 0 Å². The Labute approximate surface area is 220 Å². The average molecular weight is 627 g/mol. The maximum atomic E-state index is 13.6. The highest BCUT2D eigenvalue weighted by molar-refractivity contribution is 14.1. The van der Waals surface area contributed by atoms with Crippen LogP contribution >= 0.6 is 38.5 Å². The van der Waals surface area contributed by atoms with E-state index in [9.17, 15) is 4.79 Å². The van der Waals surface area contributed by atoms with E-state index < -0.39 is 0 Å². The van der Waals surface area contributed by atoms with E-state index in [1.54, 1.807) is 0 Å². The van der Waals surface area contributed by atoms with E-state index in [0.717, 1.165) is 52.5 Å². The molecule has 2 heterocycles. The SMILES string of the molecule is CC1=C(C(=O)NCc2ccc(CN)cc2)C2C=C(I)C=CC2N=C1c1c[nH]c2ccc(Br)cc12. The van der Waals surface area contributed by atoms with E-state index in [0.29, 0.717) is 13.1 Å². The number of carbonyl (C=O) groups is 1. The predicted molar refractivity (Wildman–Crippen MR) is 150 cm³/mol. The molecule has 1 aliphatic carbocycles. The van der Waals surface area contributed by atoms with E-state index >= 15 is 0 Å². The quantitative estimate of drug-likeness (QED) is 0.318. The lowest BCUT2D eigenvalue weighted by atomic mass is 9.80. The standard InChI is InChI=1S/C27H24BrIN4O/c1-15-25(27(34)32-13-17-4-2-16(12-30)3-5-17)21-11-19(29)7-9-24(21)33-26(15)22-14-31-23-8-6-18(28)10-20(22)23/h2-11,14,21,24,31H,12-13,30H2,1H3,(H,32,34). The largest absolute Gasteiger partial charge is 0.360 e. The molecule has 2 aliphatic rings. The number of nitrogens with one attached hydrogen (secondary N) is 2. The Balaban J connectivity index is 1.52. The van der Waals surface area contributed by atoms with Crippen molar-refractivity contribution in [2.24, 2.45) is 16.6 Å². The number of rotatable bonds is 5. The summed E-state index contributed by atoms with van der Waals surface area (Å²) in [5.41, 5.74) is 12.4. The molecule has 0 fully saturated rings. The fourth-order valence-electron chi connectivity index (χ4n) is 4.59. The summed E-state index contributed by atoms with van der Waals surface area (Å²) in [7, 11) is 0. The first-order chi connectivity index (χ1) is 16.4. The molecule has 4 N–H and O–H groups in total. The molecule has 2 atom stereocenters. The Bertz CT molecular complexity index is 1400. The number of allylic oxidation sites excluding steroid dienone is 3. The van der Waals surface area contributed by atoms with Gasteiger partial charge in [0.05, 0.1) is 11.8 Å². The van der Waals surface area contributed by atoms with Gasteiger partial charge in [0.1, 0.15) is 0 Å². The number of fused-ring (bicyclic) bond motifs is 2. The smallest absolute Gasteiger partial charge is 0.248 e. The molecule has 5 rings (SSSR count). The van der Waals surface area contributed by atoms with E-state index in [1.807, 2.05) is 49.5 Å². The van der Waals surface area contributed by atoms with Crippen molar-refractivity contribution in [3.05, 3.63) is 103 Å². The number of benzene rings is 2. The number of halogens is 2. The van der Waals surface area contributed by atoms with E-state index in [-0.39, 0.29) is 17.9 Å². The number of amides is 1. The van der Waals surface area contributed by atoms with Crippen LogP contribution in [0, 0.1) is 5.92 Å². The molecule has 0 bridgehead atoms. The summed E-state index contributed by atoms with van der Waals surface area (Å²) in [5.74, 6) is -0.142. The van der Waals surface area contributed by atoms with Crippen molar-refractivity contribution in [2.45, 2.75) is 26.1 Å². The molecule has 2 aromatic carbocycles. The molecule has 0 saturated heterocycles. The minimum absolute atomic E-state index is 0.0560. The van der Waals surface area contributed by atoms with Crippen LogP contribution in [0.1, 0.15) is 23.6 Å². The van der Waals surface area contributed by atoms with Crippen molar-refractivity contribution in [3.8, 4) is 0 Å². The molecule has 1 aliphatic heterocycles. The molecule has 0 saturated carbocycles. The molecule has 1 amide bonds. The summed E-state index contributed by atoms with van der Waals surface area (Å²) >= 11 is 5.89. The third-order valence-electron chi connectivity index (χ3n) is 6.39. The van der Waals surface area contributed by atoms with Gasteiger partial charge < -0.3 is 16.0 Å². The van der Waals surface area contributed by atoms with Crippen molar-refractivity contribution in [3.63, 3.8) is 0 Å². The van der Waals surface area contributed by atoms with Crippen LogP contribution in [0.25, 0.3) is 10.9 Å². The first-order valence-electron chi connectivity index (χ1n) is 11.1.